The smallest absolute Gasteiger partial charge is 0.269 e. The standard InChI is InChI=1S/C20H28N2O12/c23-6-9-5-11(15(26)18(29)14(9)25)33-20-13(17(28)16(27)12(7-24)34-20)21-19(30)8-1-3-10(4-2-8)22(31)32/h1-4,9,11-18,20,23-29H,5-7H2,(H,21,30)/t9-,11?,12-,13-,14-,15+,16-,17-,18-,20+/m1/s1. The molecule has 2 fully saturated rings. The number of carbonyl (C=O) groups excluding carboxylic acids is 1. The fourth-order valence-corrected chi connectivity index (χ4v) is 4.09. The van der Waals surface area contributed by atoms with Crippen LogP contribution in [0.4, 0.5) is 5.69 Å². The molecule has 10 atom stereocenters. The number of nitro benzene ring substituents is 1. The predicted octanol–water partition coefficient (Wildman–Crippen LogP) is -3.39. The molecule has 34 heavy (non-hydrogen) atoms. The maximum absolute atomic E-state index is 12.7. The number of aliphatic hydroxyl groups is 7. The van der Waals surface area contributed by atoms with Crippen molar-refractivity contribution in [2.45, 2.75) is 61.5 Å². The van der Waals surface area contributed by atoms with E-state index in [1.165, 1.54) is 12.1 Å². The molecule has 1 aromatic carbocycles. The fourth-order valence-electron chi connectivity index (χ4n) is 4.09. The molecule has 1 aromatic rings. The van der Waals surface area contributed by atoms with E-state index in [0.29, 0.717) is 0 Å². The van der Waals surface area contributed by atoms with Crippen LogP contribution in [0.5, 0.6) is 0 Å². The third-order valence-corrected chi connectivity index (χ3v) is 6.16. The first-order valence-electron chi connectivity index (χ1n) is 10.6. The molecule has 2 aliphatic rings. The molecule has 1 heterocycles. The monoisotopic (exact) mass is 488 g/mol. The number of non-ortho nitro benzene ring substituents is 1. The Labute approximate surface area is 193 Å². The molecule has 0 spiro atoms. The molecule has 1 aliphatic heterocycles. The van der Waals surface area contributed by atoms with E-state index in [1.54, 1.807) is 0 Å². The summed E-state index contributed by atoms with van der Waals surface area (Å²) in [7, 11) is 0. The van der Waals surface area contributed by atoms with E-state index in [1.807, 2.05) is 0 Å². The molecule has 14 heteroatoms. The molecule has 0 bridgehead atoms. The summed E-state index contributed by atoms with van der Waals surface area (Å²) in [5, 5.41) is 83.4. The highest BCUT2D eigenvalue weighted by atomic mass is 16.7. The minimum absolute atomic E-state index is 0.00749. The normalized spacial score (nSPS) is 38.3. The zero-order valence-electron chi connectivity index (χ0n) is 17.8. The quantitative estimate of drug-likeness (QED) is 0.139. The van der Waals surface area contributed by atoms with Crippen molar-refractivity contribution in [3.05, 3.63) is 39.9 Å². The van der Waals surface area contributed by atoms with Crippen LogP contribution in [0.3, 0.4) is 0 Å². The number of benzene rings is 1. The number of hydrogen-bond acceptors (Lipinski definition) is 12. The van der Waals surface area contributed by atoms with Crippen molar-refractivity contribution in [2.24, 2.45) is 5.92 Å². The van der Waals surface area contributed by atoms with Gasteiger partial charge in [0.2, 0.25) is 0 Å². The van der Waals surface area contributed by atoms with Gasteiger partial charge in [-0.3, -0.25) is 14.9 Å². The van der Waals surface area contributed by atoms with Gasteiger partial charge in [0.05, 0.1) is 23.7 Å². The number of aliphatic hydroxyl groups excluding tert-OH is 7. The van der Waals surface area contributed by atoms with Gasteiger partial charge in [0.25, 0.3) is 11.6 Å². The molecule has 1 saturated heterocycles. The van der Waals surface area contributed by atoms with Crippen LogP contribution in [0.2, 0.25) is 0 Å². The molecule has 14 nitrogen and oxygen atoms in total. The number of rotatable bonds is 7. The number of ether oxygens (including phenoxy) is 2. The van der Waals surface area contributed by atoms with Crippen molar-refractivity contribution in [1.82, 2.24) is 5.32 Å². The fraction of sp³-hybridized carbons (Fsp3) is 0.650. The summed E-state index contributed by atoms with van der Waals surface area (Å²) < 4.78 is 11.2. The first-order valence-corrected chi connectivity index (χ1v) is 10.6. The topological polar surface area (TPSA) is 232 Å². The lowest BCUT2D eigenvalue weighted by Gasteiger charge is -2.46. The second-order valence-electron chi connectivity index (χ2n) is 8.33. The second kappa shape index (κ2) is 11.0. The van der Waals surface area contributed by atoms with Gasteiger partial charge in [0.15, 0.2) is 6.29 Å². The lowest BCUT2D eigenvalue weighted by Crippen LogP contribution is -2.66. The summed E-state index contributed by atoms with van der Waals surface area (Å²) >= 11 is 0. The van der Waals surface area contributed by atoms with Gasteiger partial charge in [-0.1, -0.05) is 0 Å². The van der Waals surface area contributed by atoms with E-state index >= 15 is 0 Å². The molecule has 1 amide bonds. The molecule has 8 N–H and O–H groups in total. The molecular formula is C20H28N2O12. The Bertz CT molecular complexity index is 852. The van der Waals surface area contributed by atoms with E-state index in [0.717, 1.165) is 12.1 Å². The van der Waals surface area contributed by atoms with Crippen LogP contribution >= 0.6 is 0 Å². The Balaban J connectivity index is 1.81. The van der Waals surface area contributed by atoms with Crippen molar-refractivity contribution < 1.29 is 54.9 Å². The van der Waals surface area contributed by atoms with Crippen molar-refractivity contribution in [3.63, 3.8) is 0 Å². The van der Waals surface area contributed by atoms with Crippen LogP contribution in [0, 0.1) is 16.0 Å². The van der Waals surface area contributed by atoms with Crippen LogP contribution in [-0.2, 0) is 9.47 Å². The Kier molecular flexibility index (Phi) is 8.51. The summed E-state index contributed by atoms with van der Waals surface area (Å²) in [5.74, 6) is -1.64. The molecule has 1 unspecified atom stereocenters. The summed E-state index contributed by atoms with van der Waals surface area (Å²) in [6, 6.07) is 3.15. The highest BCUT2D eigenvalue weighted by Gasteiger charge is 2.49. The summed E-state index contributed by atoms with van der Waals surface area (Å²) in [6.07, 6.45) is -12.1. The average Bonchev–Trinajstić information content (AvgIpc) is 2.83. The van der Waals surface area contributed by atoms with Gasteiger partial charge in [-0.15, -0.1) is 0 Å². The molecule has 1 aliphatic carbocycles. The third-order valence-electron chi connectivity index (χ3n) is 6.16. The van der Waals surface area contributed by atoms with Gasteiger partial charge in [-0.05, 0) is 18.6 Å². The SMILES string of the molecule is O=C(N[C@H]1[C@@H](OC2C[C@H](CO)[C@@H](O)[C@@H](O)[C@H]2O)O[C@H](CO)[C@@H](O)[C@@H]1O)c1ccc([N+](=O)[O-])cc1. The van der Waals surface area contributed by atoms with Crippen molar-refractivity contribution in [2.75, 3.05) is 13.2 Å². The molecule has 1 saturated carbocycles. The van der Waals surface area contributed by atoms with Gasteiger partial charge in [-0.2, -0.15) is 0 Å². The summed E-state index contributed by atoms with van der Waals surface area (Å²) in [4.78, 5) is 22.9. The van der Waals surface area contributed by atoms with Crippen molar-refractivity contribution in [1.29, 1.82) is 0 Å². The zero-order valence-corrected chi connectivity index (χ0v) is 17.8. The van der Waals surface area contributed by atoms with Crippen molar-refractivity contribution in [3.8, 4) is 0 Å². The molecule has 0 aromatic heterocycles. The first kappa shape index (κ1) is 26.3. The number of nitrogens with one attached hydrogen (secondary N) is 1. The average molecular weight is 488 g/mol. The Morgan fingerprint density at radius 1 is 1.00 bits per heavy atom. The largest absolute Gasteiger partial charge is 0.396 e. The van der Waals surface area contributed by atoms with Crippen LogP contribution in [0.1, 0.15) is 16.8 Å². The summed E-state index contributed by atoms with van der Waals surface area (Å²) in [5.41, 5.74) is -0.252. The van der Waals surface area contributed by atoms with Crippen LogP contribution in [-0.4, -0.2) is 115 Å². The lowest BCUT2D eigenvalue weighted by molar-refractivity contribution is -0.384. The van der Waals surface area contributed by atoms with E-state index in [-0.39, 0.29) is 17.7 Å². The lowest BCUT2D eigenvalue weighted by atomic mass is 9.81. The van der Waals surface area contributed by atoms with E-state index < -0.39 is 85.0 Å². The van der Waals surface area contributed by atoms with E-state index in [4.69, 9.17) is 9.47 Å². The number of carbonyl (C=O) groups is 1. The summed E-state index contributed by atoms with van der Waals surface area (Å²) in [6.45, 7) is -1.23. The third kappa shape index (κ3) is 5.35. The second-order valence-corrected chi connectivity index (χ2v) is 8.33. The molecule has 3 rings (SSSR count). The van der Waals surface area contributed by atoms with Gasteiger partial charge in [0, 0.05) is 30.2 Å². The number of amides is 1. The van der Waals surface area contributed by atoms with Crippen LogP contribution in [0.25, 0.3) is 0 Å². The van der Waals surface area contributed by atoms with E-state index in [9.17, 15) is 50.7 Å². The number of hydrogen-bond donors (Lipinski definition) is 8. The van der Waals surface area contributed by atoms with Crippen LogP contribution < -0.4 is 5.32 Å². The molecule has 190 valence electrons. The predicted molar refractivity (Wildman–Crippen MR) is 110 cm³/mol. The Morgan fingerprint density at radius 2 is 1.65 bits per heavy atom. The van der Waals surface area contributed by atoms with E-state index in [2.05, 4.69) is 5.32 Å². The molecule has 0 radical (unpaired) electrons. The zero-order chi connectivity index (χ0) is 25.2. The van der Waals surface area contributed by atoms with Gasteiger partial charge >= 0.3 is 0 Å². The first-order chi connectivity index (χ1) is 16.1. The highest BCUT2D eigenvalue weighted by molar-refractivity contribution is 5.94. The minimum Gasteiger partial charge on any atom is -0.396 e. The number of nitro groups is 1. The highest BCUT2D eigenvalue weighted by Crippen LogP contribution is 2.31. The van der Waals surface area contributed by atoms with Gasteiger partial charge in [0.1, 0.15) is 36.6 Å². The number of nitrogens with zero attached hydrogens (tertiary/aromatic N) is 1. The van der Waals surface area contributed by atoms with Gasteiger partial charge in [-0.25, -0.2) is 0 Å². The van der Waals surface area contributed by atoms with Crippen molar-refractivity contribution >= 4 is 11.6 Å². The maximum Gasteiger partial charge on any atom is 0.269 e. The van der Waals surface area contributed by atoms with Crippen LogP contribution in [0.15, 0.2) is 24.3 Å². The van der Waals surface area contributed by atoms with Gasteiger partial charge < -0.3 is 50.5 Å². The maximum atomic E-state index is 12.7. The minimum atomic E-state index is -1.69. The molecular weight excluding hydrogens is 460 g/mol. The Hall–Kier alpha value is -2.27. The Morgan fingerprint density at radius 3 is 2.21 bits per heavy atom.